The Morgan fingerprint density at radius 1 is 1.27 bits per heavy atom. The van der Waals surface area contributed by atoms with Crippen LogP contribution >= 0.6 is 0 Å². The molecule has 0 aliphatic heterocycles. The molecule has 0 atom stereocenters. The summed E-state index contributed by atoms with van der Waals surface area (Å²) >= 11 is 0. The molecule has 0 aliphatic carbocycles. The Bertz CT molecular complexity index is 326. The van der Waals surface area contributed by atoms with Crippen LogP contribution in [-0.4, -0.2) is 4.98 Å². The molecule has 0 radical (unpaired) electrons. The van der Waals surface area contributed by atoms with E-state index in [-0.39, 0.29) is 5.41 Å². The zero-order valence-electron chi connectivity index (χ0n) is 10.7. The molecule has 0 saturated carbocycles. The quantitative estimate of drug-likeness (QED) is 0.719. The van der Waals surface area contributed by atoms with Crippen LogP contribution in [0.5, 0.6) is 0 Å². The third-order valence-electron chi connectivity index (χ3n) is 3.13. The molecule has 1 aromatic rings. The Balaban J connectivity index is 2.93. The van der Waals surface area contributed by atoms with Crippen molar-refractivity contribution in [3.8, 4) is 0 Å². The lowest BCUT2D eigenvalue weighted by Crippen LogP contribution is -2.19. The summed E-state index contributed by atoms with van der Waals surface area (Å²) in [6.07, 6.45) is 5.86. The van der Waals surface area contributed by atoms with Gasteiger partial charge in [-0.1, -0.05) is 33.6 Å². The molecule has 1 aromatic heterocycles. The van der Waals surface area contributed by atoms with E-state index in [2.05, 4.69) is 51.9 Å². The van der Waals surface area contributed by atoms with Gasteiger partial charge in [-0.15, -0.1) is 0 Å². The van der Waals surface area contributed by atoms with Crippen molar-refractivity contribution in [2.45, 2.75) is 59.3 Å². The molecule has 1 nitrogen and oxygen atoms in total. The second kappa shape index (κ2) is 4.78. The summed E-state index contributed by atoms with van der Waals surface area (Å²) in [7, 11) is 0. The first-order valence-corrected chi connectivity index (χ1v) is 5.91. The first kappa shape index (κ1) is 12.2. The van der Waals surface area contributed by atoms with Crippen LogP contribution in [0.4, 0.5) is 0 Å². The molecule has 0 unspecified atom stereocenters. The zero-order chi connectivity index (χ0) is 11.5. The van der Waals surface area contributed by atoms with Crippen LogP contribution < -0.4 is 0 Å². The Morgan fingerprint density at radius 2 is 1.93 bits per heavy atom. The molecular formula is C14H23N. The third-order valence-corrected chi connectivity index (χ3v) is 3.13. The van der Waals surface area contributed by atoms with Crippen molar-refractivity contribution >= 4 is 0 Å². The first-order valence-electron chi connectivity index (χ1n) is 5.91. The van der Waals surface area contributed by atoms with Crippen molar-refractivity contribution < 1.29 is 0 Å². The molecule has 0 spiro atoms. The smallest absolute Gasteiger partial charge is 0.0375 e. The minimum absolute atomic E-state index is 0.265. The van der Waals surface area contributed by atoms with E-state index in [1.54, 1.807) is 0 Å². The fourth-order valence-electron chi connectivity index (χ4n) is 2.16. The van der Waals surface area contributed by atoms with Crippen molar-refractivity contribution in [3.63, 3.8) is 0 Å². The number of rotatable bonds is 4. The maximum absolute atomic E-state index is 4.41. The van der Waals surface area contributed by atoms with E-state index in [1.807, 2.05) is 0 Å². The maximum Gasteiger partial charge on any atom is 0.0375 e. The Hall–Kier alpha value is -0.850. The van der Waals surface area contributed by atoms with Gasteiger partial charge in [0.1, 0.15) is 0 Å². The van der Waals surface area contributed by atoms with E-state index in [0.29, 0.717) is 0 Å². The number of aromatic nitrogens is 1. The largest absolute Gasteiger partial charge is 0.261 e. The highest BCUT2D eigenvalue weighted by Gasteiger charge is 2.21. The average molecular weight is 205 g/mol. The van der Waals surface area contributed by atoms with Crippen LogP contribution in [-0.2, 0) is 5.41 Å². The van der Waals surface area contributed by atoms with Crippen molar-refractivity contribution in [2.24, 2.45) is 0 Å². The Morgan fingerprint density at radius 3 is 2.47 bits per heavy atom. The van der Waals surface area contributed by atoms with Gasteiger partial charge in [-0.2, -0.15) is 0 Å². The van der Waals surface area contributed by atoms with E-state index in [9.17, 15) is 0 Å². The monoisotopic (exact) mass is 205 g/mol. The summed E-state index contributed by atoms with van der Waals surface area (Å²) in [6, 6.07) is 2.18. The molecule has 0 bridgehead atoms. The van der Waals surface area contributed by atoms with Crippen molar-refractivity contribution in [1.82, 2.24) is 4.98 Å². The standard InChI is InChI=1S/C14H23N/c1-6-7-8-14(4,5)13-10-15-12(3)9-11(13)2/h9-10H,6-8H2,1-5H3. The summed E-state index contributed by atoms with van der Waals surface area (Å²) < 4.78 is 0. The van der Waals surface area contributed by atoms with E-state index in [1.165, 1.54) is 30.4 Å². The molecule has 0 amide bonds. The summed E-state index contributed by atoms with van der Waals surface area (Å²) in [6.45, 7) is 11.1. The fourth-order valence-corrected chi connectivity index (χ4v) is 2.16. The Kier molecular flexibility index (Phi) is 3.90. The molecule has 0 aliphatic rings. The number of nitrogens with zero attached hydrogens (tertiary/aromatic N) is 1. The number of pyridine rings is 1. The third kappa shape index (κ3) is 3.05. The summed E-state index contributed by atoms with van der Waals surface area (Å²) in [4.78, 5) is 4.41. The Labute approximate surface area is 93.9 Å². The fraction of sp³-hybridized carbons (Fsp3) is 0.643. The van der Waals surface area contributed by atoms with Gasteiger partial charge in [0.05, 0.1) is 0 Å². The normalized spacial score (nSPS) is 11.8. The number of hydrogen-bond donors (Lipinski definition) is 0. The predicted molar refractivity (Wildman–Crippen MR) is 66.3 cm³/mol. The van der Waals surface area contributed by atoms with Crippen LogP contribution in [0.2, 0.25) is 0 Å². The van der Waals surface area contributed by atoms with E-state index < -0.39 is 0 Å². The first-order chi connectivity index (χ1) is 6.97. The second-order valence-corrected chi connectivity index (χ2v) is 5.13. The summed E-state index contributed by atoms with van der Waals surface area (Å²) in [5.74, 6) is 0. The lowest BCUT2D eigenvalue weighted by atomic mass is 9.79. The van der Waals surface area contributed by atoms with Crippen LogP contribution in [0.25, 0.3) is 0 Å². The van der Waals surface area contributed by atoms with E-state index >= 15 is 0 Å². The van der Waals surface area contributed by atoms with Gasteiger partial charge in [-0.25, -0.2) is 0 Å². The van der Waals surface area contributed by atoms with Crippen LogP contribution in [0.1, 0.15) is 56.9 Å². The zero-order valence-corrected chi connectivity index (χ0v) is 10.7. The van der Waals surface area contributed by atoms with E-state index in [4.69, 9.17) is 0 Å². The highest BCUT2D eigenvalue weighted by Crippen LogP contribution is 2.30. The minimum Gasteiger partial charge on any atom is -0.261 e. The van der Waals surface area contributed by atoms with Gasteiger partial charge >= 0.3 is 0 Å². The number of unbranched alkanes of at least 4 members (excludes halogenated alkanes) is 1. The molecule has 15 heavy (non-hydrogen) atoms. The van der Waals surface area contributed by atoms with Gasteiger partial charge in [-0.05, 0) is 42.9 Å². The van der Waals surface area contributed by atoms with Crippen molar-refractivity contribution in [1.29, 1.82) is 0 Å². The number of hydrogen-bond acceptors (Lipinski definition) is 1. The predicted octanol–water partition coefficient (Wildman–Crippen LogP) is 4.17. The second-order valence-electron chi connectivity index (χ2n) is 5.13. The molecule has 1 heterocycles. The molecule has 0 fully saturated rings. The molecule has 0 aromatic carbocycles. The lowest BCUT2D eigenvalue weighted by molar-refractivity contribution is 0.454. The molecular weight excluding hydrogens is 182 g/mol. The van der Waals surface area contributed by atoms with E-state index in [0.717, 1.165) is 5.69 Å². The molecule has 1 rings (SSSR count). The van der Waals surface area contributed by atoms with Crippen LogP contribution in [0, 0.1) is 13.8 Å². The van der Waals surface area contributed by atoms with Gasteiger partial charge in [-0.3, -0.25) is 4.98 Å². The molecule has 84 valence electrons. The summed E-state index contributed by atoms with van der Waals surface area (Å²) in [5, 5.41) is 0. The van der Waals surface area contributed by atoms with Crippen molar-refractivity contribution in [3.05, 3.63) is 29.1 Å². The van der Waals surface area contributed by atoms with Gasteiger partial charge in [0.25, 0.3) is 0 Å². The van der Waals surface area contributed by atoms with Crippen molar-refractivity contribution in [2.75, 3.05) is 0 Å². The lowest BCUT2D eigenvalue weighted by Gasteiger charge is -2.26. The topological polar surface area (TPSA) is 12.9 Å². The van der Waals surface area contributed by atoms with Gasteiger partial charge in [0.2, 0.25) is 0 Å². The molecule has 0 N–H and O–H groups in total. The SMILES string of the molecule is CCCCC(C)(C)c1cnc(C)cc1C. The summed E-state index contributed by atoms with van der Waals surface area (Å²) in [5.41, 5.74) is 4.16. The van der Waals surface area contributed by atoms with Crippen LogP contribution in [0.3, 0.4) is 0 Å². The highest BCUT2D eigenvalue weighted by molar-refractivity contribution is 5.31. The van der Waals surface area contributed by atoms with Crippen LogP contribution in [0.15, 0.2) is 12.3 Å². The van der Waals surface area contributed by atoms with Gasteiger partial charge in [0, 0.05) is 11.9 Å². The average Bonchev–Trinajstić information content (AvgIpc) is 2.14. The van der Waals surface area contributed by atoms with Gasteiger partial charge in [0.15, 0.2) is 0 Å². The maximum atomic E-state index is 4.41. The molecule has 0 saturated heterocycles. The number of aryl methyl sites for hydroxylation is 2. The molecule has 1 heteroatoms. The minimum atomic E-state index is 0.265. The van der Waals surface area contributed by atoms with Gasteiger partial charge < -0.3 is 0 Å². The highest BCUT2D eigenvalue weighted by atomic mass is 14.7.